The number of anilines is 2. The third kappa shape index (κ3) is 4.48. The average molecular weight is 461 g/mol. The van der Waals surface area contributed by atoms with Gasteiger partial charge in [0.2, 0.25) is 11.8 Å². The van der Waals surface area contributed by atoms with E-state index >= 15 is 0 Å². The van der Waals surface area contributed by atoms with Gasteiger partial charge in [0.05, 0.1) is 18.1 Å². The molecule has 164 valence electrons. The van der Waals surface area contributed by atoms with Crippen LogP contribution in [0.5, 0.6) is 0 Å². The van der Waals surface area contributed by atoms with Crippen molar-refractivity contribution in [3.63, 3.8) is 0 Å². The number of ether oxygens (including phenoxy) is 1. The van der Waals surface area contributed by atoms with Gasteiger partial charge in [0.1, 0.15) is 5.00 Å². The first-order chi connectivity index (χ1) is 14.9. The number of nitrogens with one attached hydrogen (secondary N) is 1. The molecule has 1 aromatic carbocycles. The van der Waals surface area contributed by atoms with Crippen LogP contribution in [0.2, 0.25) is 5.02 Å². The van der Waals surface area contributed by atoms with Crippen LogP contribution in [0.25, 0.3) is 0 Å². The number of rotatable bonds is 5. The lowest BCUT2D eigenvalue weighted by molar-refractivity contribution is -0.122. The zero-order chi connectivity index (χ0) is 22.1. The van der Waals surface area contributed by atoms with Crippen LogP contribution in [0.1, 0.15) is 47.5 Å². The molecule has 2 heterocycles. The molecule has 1 N–H and O–H groups in total. The summed E-state index contributed by atoms with van der Waals surface area (Å²) in [6, 6.07) is 7.04. The number of amides is 2. The SMILES string of the molecule is CCOC(=O)c1c(NC(=O)C2CC(=O)N(c3cccc(Cl)c3)C2)sc2c1CCC(C)C2. The Kier molecular flexibility index (Phi) is 6.34. The van der Waals surface area contributed by atoms with Crippen LogP contribution in [0.3, 0.4) is 0 Å². The topological polar surface area (TPSA) is 75.7 Å². The fourth-order valence-corrected chi connectivity index (χ4v) is 5.84. The van der Waals surface area contributed by atoms with E-state index in [2.05, 4.69) is 12.2 Å². The highest BCUT2D eigenvalue weighted by atomic mass is 35.5. The fourth-order valence-electron chi connectivity index (χ4n) is 4.25. The number of hydrogen-bond donors (Lipinski definition) is 1. The smallest absolute Gasteiger partial charge is 0.341 e. The summed E-state index contributed by atoms with van der Waals surface area (Å²) in [7, 11) is 0. The van der Waals surface area contributed by atoms with Crippen molar-refractivity contribution in [3.05, 3.63) is 45.3 Å². The van der Waals surface area contributed by atoms with E-state index in [1.807, 2.05) is 0 Å². The van der Waals surface area contributed by atoms with Gasteiger partial charge in [-0.05, 0) is 55.9 Å². The summed E-state index contributed by atoms with van der Waals surface area (Å²) in [6.07, 6.45) is 2.83. The number of halogens is 1. The molecule has 0 saturated carbocycles. The first-order valence-corrected chi connectivity index (χ1v) is 11.7. The maximum absolute atomic E-state index is 13.1. The molecule has 0 bridgehead atoms. The highest BCUT2D eigenvalue weighted by Gasteiger charge is 2.37. The highest BCUT2D eigenvalue weighted by molar-refractivity contribution is 7.17. The van der Waals surface area contributed by atoms with Gasteiger partial charge in [-0.15, -0.1) is 11.3 Å². The summed E-state index contributed by atoms with van der Waals surface area (Å²) in [5.74, 6) is -0.724. The molecule has 1 aliphatic carbocycles. The second-order valence-electron chi connectivity index (χ2n) is 8.15. The predicted octanol–water partition coefficient (Wildman–Crippen LogP) is 4.69. The van der Waals surface area contributed by atoms with E-state index in [1.54, 1.807) is 36.1 Å². The maximum Gasteiger partial charge on any atom is 0.341 e. The molecule has 1 aliphatic heterocycles. The molecule has 2 atom stereocenters. The monoisotopic (exact) mass is 460 g/mol. The molecule has 2 amide bonds. The number of fused-ring (bicyclic) bond motifs is 1. The van der Waals surface area contributed by atoms with Gasteiger partial charge in [0, 0.05) is 28.6 Å². The van der Waals surface area contributed by atoms with Crippen LogP contribution < -0.4 is 10.2 Å². The summed E-state index contributed by atoms with van der Waals surface area (Å²) >= 11 is 7.51. The number of esters is 1. The van der Waals surface area contributed by atoms with Crippen molar-refractivity contribution in [1.82, 2.24) is 0 Å². The number of nitrogens with zero attached hydrogens (tertiary/aromatic N) is 1. The van der Waals surface area contributed by atoms with Gasteiger partial charge < -0.3 is 15.0 Å². The lowest BCUT2D eigenvalue weighted by Gasteiger charge is -2.18. The summed E-state index contributed by atoms with van der Waals surface area (Å²) in [4.78, 5) is 41.0. The molecule has 2 aliphatic rings. The van der Waals surface area contributed by atoms with E-state index in [4.69, 9.17) is 16.3 Å². The zero-order valence-corrected chi connectivity index (χ0v) is 19.1. The molecule has 1 aromatic heterocycles. The Morgan fingerprint density at radius 1 is 1.32 bits per heavy atom. The molecule has 31 heavy (non-hydrogen) atoms. The van der Waals surface area contributed by atoms with Crippen molar-refractivity contribution < 1.29 is 19.1 Å². The molecular formula is C23H25ClN2O4S. The van der Waals surface area contributed by atoms with Crippen molar-refractivity contribution in [2.75, 3.05) is 23.4 Å². The van der Waals surface area contributed by atoms with Gasteiger partial charge in [-0.25, -0.2) is 4.79 Å². The minimum Gasteiger partial charge on any atom is -0.462 e. The quantitative estimate of drug-likeness (QED) is 0.656. The molecule has 0 radical (unpaired) electrons. The van der Waals surface area contributed by atoms with Crippen LogP contribution in [0.4, 0.5) is 10.7 Å². The van der Waals surface area contributed by atoms with Gasteiger partial charge in [0.15, 0.2) is 0 Å². The predicted molar refractivity (Wildman–Crippen MR) is 122 cm³/mol. The Bertz CT molecular complexity index is 1030. The Morgan fingerprint density at radius 3 is 2.87 bits per heavy atom. The van der Waals surface area contributed by atoms with E-state index in [-0.39, 0.29) is 31.4 Å². The van der Waals surface area contributed by atoms with Crippen LogP contribution in [-0.2, 0) is 27.2 Å². The number of thiophene rings is 1. The summed E-state index contributed by atoms with van der Waals surface area (Å²) in [6.45, 7) is 4.52. The lowest BCUT2D eigenvalue weighted by Crippen LogP contribution is -2.28. The van der Waals surface area contributed by atoms with E-state index < -0.39 is 11.9 Å². The lowest BCUT2D eigenvalue weighted by atomic mass is 9.88. The highest BCUT2D eigenvalue weighted by Crippen LogP contribution is 2.40. The second kappa shape index (κ2) is 9.01. The van der Waals surface area contributed by atoms with E-state index in [0.717, 1.165) is 29.7 Å². The molecule has 0 spiro atoms. The Morgan fingerprint density at radius 2 is 2.13 bits per heavy atom. The van der Waals surface area contributed by atoms with Gasteiger partial charge >= 0.3 is 5.97 Å². The molecule has 8 heteroatoms. The summed E-state index contributed by atoms with van der Waals surface area (Å²) in [5.41, 5.74) is 2.17. The minimum atomic E-state index is -0.500. The van der Waals surface area contributed by atoms with Crippen LogP contribution in [-0.4, -0.2) is 30.9 Å². The maximum atomic E-state index is 13.1. The number of hydrogen-bond acceptors (Lipinski definition) is 5. The third-order valence-corrected chi connectivity index (χ3v) is 7.25. The third-order valence-electron chi connectivity index (χ3n) is 5.84. The molecule has 4 rings (SSSR count). The molecule has 2 unspecified atom stereocenters. The van der Waals surface area contributed by atoms with Crippen molar-refractivity contribution >= 4 is 51.4 Å². The first kappa shape index (κ1) is 21.8. The molecule has 1 fully saturated rings. The van der Waals surface area contributed by atoms with Crippen LogP contribution >= 0.6 is 22.9 Å². The fraction of sp³-hybridized carbons (Fsp3) is 0.435. The summed E-state index contributed by atoms with van der Waals surface area (Å²) in [5, 5.41) is 4.02. The Labute approximate surface area is 190 Å². The first-order valence-electron chi connectivity index (χ1n) is 10.6. The van der Waals surface area contributed by atoms with Crippen molar-refractivity contribution in [3.8, 4) is 0 Å². The van der Waals surface area contributed by atoms with E-state index in [0.29, 0.717) is 27.2 Å². The Hall–Kier alpha value is -2.38. The van der Waals surface area contributed by atoms with Crippen LogP contribution in [0.15, 0.2) is 24.3 Å². The van der Waals surface area contributed by atoms with Crippen molar-refractivity contribution in [2.45, 2.75) is 39.5 Å². The summed E-state index contributed by atoms with van der Waals surface area (Å²) < 4.78 is 5.27. The molecule has 1 saturated heterocycles. The molecule has 2 aromatic rings. The molecular weight excluding hydrogens is 436 g/mol. The van der Waals surface area contributed by atoms with Crippen molar-refractivity contribution in [1.29, 1.82) is 0 Å². The normalized spacial score (nSPS) is 20.5. The van der Waals surface area contributed by atoms with Gasteiger partial charge in [-0.3, -0.25) is 9.59 Å². The van der Waals surface area contributed by atoms with E-state index in [1.165, 1.54) is 11.3 Å². The number of carbonyl (C=O) groups excluding carboxylic acids is 3. The van der Waals surface area contributed by atoms with Crippen molar-refractivity contribution in [2.24, 2.45) is 11.8 Å². The number of benzene rings is 1. The zero-order valence-electron chi connectivity index (χ0n) is 17.6. The largest absolute Gasteiger partial charge is 0.462 e. The van der Waals surface area contributed by atoms with Crippen LogP contribution in [0, 0.1) is 11.8 Å². The standard InChI is InChI=1S/C23H25ClN2O4S/c1-3-30-23(29)20-17-8-7-13(2)9-18(17)31-22(20)25-21(28)14-10-19(27)26(12-14)16-6-4-5-15(24)11-16/h4-6,11,13-14H,3,7-10,12H2,1-2H3,(H,25,28). The average Bonchev–Trinajstić information content (AvgIpc) is 3.28. The van der Waals surface area contributed by atoms with E-state index in [9.17, 15) is 14.4 Å². The van der Waals surface area contributed by atoms with Gasteiger partial charge in [-0.2, -0.15) is 0 Å². The van der Waals surface area contributed by atoms with Gasteiger partial charge in [-0.1, -0.05) is 24.6 Å². The molecule has 6 nitrogen and oxygen atoms in total. The minimum absolute atomic E-state index is 0.118. The number of carbonyl (C=O) groups is 3. The second-order valence-corrected chi connectivity index (χ2v) is 9.69. The Balaban J connectivity index is 1.55. The van der Waals surface area contributed by atoms with Gasteiger partial charge in [0.25, 0.3) is 0 Å².